The molecule has 1 atom stereocenters. The maximum atomic E-state index is 12.1. The van der Waals surface area contributed by atoms with Gasteiger partial charge in [0.2, 0.25) is 5.91 Å². The third kappa shape index (κ3) is 7.45. The van der Waals surface area contributed by atoms with Crippen LogP contribution < -0.4 is 15.4 Å². The Morgan fingerprint density at radius 1 is 1.20 bits per heavy atom. The van der Waals surface area contributed by atoms with Crippen molar-refractivity contribution in [3.63, 3.8) is 0 Å². The van der Waals surface area contributed by atoms with Gasteiger partial charge >= 0.3 is 0 Å². The summed E-state index contributed by atoms with van der Waals surface area (Å²) in [5.41, 5.74) is 0.994. The molecule has 1 amide bonds. The van der Waals surface area contributed by atoms with Gasteiger partial charge < -0.3 is 20.1 Å². The zero-order valence-corrected chi connectivity index (χ0v) is 15.6. The molecular formula is C20H32N2O3. The maximum absolute atomic E-state index is 12.1. The second-order valence-electron chi connectivity index (χ2n) is 6.74. The van der Waals surface area contributed by atoms with E-state index < -0.39 is 6.10 Å². The Morgan fingerprint density at radius 2 is 1.96 bits per heavy atom. The molecule has 1 fully saturated rings. The number of carbonyl (C=O) groups excluding carboxylic acids is 1. The normalized spacial score (nSPS) is 16.9. The van der Waals surface area contributed by atoms with Crippen molar-refractivity contribution in [3.05, 3.63) is 29.8 Å². The molecule has 1 unspecified atom stereocenters. The molecule has 1 saturated carbocycles. The summed E-state index contributed by atoms with van der Waals surface area (Å²) in [6.45, 7) is 3.64. The molecule has 0 bridgehead atoms. The van der Waals surface area contributed by atoms with E-state index in [2.05, 4.69) is 10.6 Å². The maximum Gasteiger partial charge on any atom is 0.248 e. The first-order valence-corrected chi connectivity index (χ1v) is 9.44. The van der Waals surface area contributed by atoms with E-state index in [1.807, 2.05) is 24.3 Å². The molecule has 0 aliphatic heterocycles. The number of carbonyl (C=O) groups is 1. The lowest BCUT2D eigenvalue weighted by molar-refractivity contribution is -0.132. The monoisotopic (exact) mass is 348 g/mol. The van der Waals surface area contributed by atoms with Crippen molar-refractivity contribution in [2.45, 2.75) is 64.2 Å². The Morgan fingerprint density at radius 3 is 2.68 bits per heavy atom. The predicted molar refractivity (Wildman–Crippen MR) is 99.7 cm³/mol. The van der Waals surface area contributed by atoms with E-state index in [0.29, 0.717) is 19.2 Å². The molecule has 0 aromatic heterocycles. The summed E-state index contributed by atoms with van der Waals surface area (Å²) in [6.07, 6.45) is 7.40. The van der Waals surface area contributed by atoms with E-state index in [9.17, 15) is 4.79 Å². The summed E-state index contributed by atoms with van der Waals surface area (Å²) in [7, 11) is 1.64. The summed E-state index contributed by atoms with van der Waals surface area (Å²) in [5.74, 6) is 0.730. The van der Waals surface area contributed by atoms with Crippen LogP contribution in [0.3, 0.4) is 0 Å². The summed E-state index contributed by atoms with van der Waals surface area (Å²) >= 11 is 0. The molecule has 0 spiro atoms. The highest BCUT2D eigenvalue weighted by Gasteiger charge is 2.14. The van der Waals surface area contributed by atoms with Crippen molar-refractivity contribution >= 4 is 5.91 Å². The highest BCUT2D eigenvalue weighted by molar-refractivity contribution is 5.80. The van der Waals surface area contributed by atoms with Crippen LogP contribution in [0.5, 0.6) is 5.75 Å². The first-order valence-electron chi connectivity index (χ1n) is 9.44. The van der Waals surface area contributed by atoms with Crippen LogP contribution in [0.2, 0.25) is 0 Å². The average Bonchev–Trinajstić information content (AvgIpc) is 2.92. The third-order valence-corrected chi connectivity index (χ3v) is 4.72. The summed E-state index contributed by atoms with van der Waals surface area (Å²) in [4.78, 5) is 12.1. The van der Waals surface area contributed by atoms with E-state index in [-0.39, 0.29) is 5.91 Å². The minimum atomic E-state index is -0.468. The van der Waals surface area contributed by atoms with Gasteiger partial charge in [0.15, 0.2) is 0 Å². The second-order valence-corrected chi connectivity index (χ2v) is 6.74. The molecule has 0 saturated heterocycles. The third-order valence-electron chi connectivity index (χ3n) is 4.72. The fourth-order valence-electron chi connectivity index (χ4n) is 3.15. The number of rotatable bonds is 9. The standard InChI is InChI=1S/C20H32N2O3/c1-16(25-15-17-8-7-11-19(14-17)24-2)20(23)22-13-12-21-18-9-5-3-4-6-10-18/h7-8,11,14,16,18,21H,3-6,9-10,12-13,15H2,1-2H3,(H,22,23). The Balaban J connectivity index is 1.61. The average molecular weight is 348 g/mol. The SMILES string of the molecule is COc1cccc(COC(C)C(=O)NCCNC2CCCCCC2)c1. The van der Waals surface area contributed by atoms with Crippen LogP contribution in [0.1, 0.15) is 51.0 Å². The fraction of sp³-hybridized carbons (Fsp3) is 0.650. The quantitative estimate of drug-likeness (QED) is 0.532. The molecule has 5 nitrogen and oxygen atoms in total. The topological polar surface area (TPSA) is 59.6 Å². The molecule has 1 aliphatic rings. The highest BCUT2D eigenvalue weighted by atomic mass is 16.5. The van der Waals surface area contributed by atoms with Crippen molar-refractivity contribution in [2.24, 2.45) is 0 Å². The van der Waals surface area contributed by atoms with Crippen molar-refractivity contribution < 1.29 is 14.3 Å². The fourth-order valence-corrected chi connectivity index (χ4v) is 3.15. The van der Waals surface area contributed by atoms with Crippen molar-refractivity contribution in [1.29, 1.82) is 0 Å². The molecule has 0 heterocycles. The number of nitrogens with one attached hydrogen (secondary N) is 2. The number of methoxy groups -OCH3 is 1. The van der Waals surface area contributed by atoms with Crippen LogP contribution in [-0.4, -0.2) is 38.3 Å². The van der Waals surface area contributed by atoms with Crippen molar-refractivity contribution in [1.82, 2.24) is 10.6 Å². The number of hydrogen-bond acceptors (Lipinski definition) is 4. The molecule has 2 rings (SSSR count). The van der Waals surface area contributed by atoms with E-state index >= 15 is 0 Å². The molecular weight excluding hydrogens is 316 g/mol. The van der Waals surface area contributed by atoms with Crippen LogP contribution in [-0.2, 0) is 16.1 Å². The first kappa shape index (κ1) is 19.7. The van der Waals surface area contributed by atoms with Gasteiger partial charge in [-0.05, 0) is 37.5 Å². The molecule has 2 N–H and O–H groups in total. The predicted octanol–water partition coefficient (Wildman–Crippen LogP) is 3.03. The summed E-state index contributed by atoms with van der Waals surface area (Å²) < 4.78 is 10.9. The van der Waals surface area contributed by atoms with Crippen LogP contribution in [0, 0.1) is 0 Å². The summed E-state index contributed by atoms with van der Waals surface area (Å²) in [6, 6.07) is 8.30. The largest absolute Gasteiger partial charge is 0.497 e. The zero-order chi connectivity index (χ0) is 17.9. The molecule has 25 heavy (non-hydrogen) atoms. The number of hydrogen-bond donors (Lipinski definition) is 2. The van der Waals surface area contributed by atoms with E-state index in [1.54, 1.807) is 14.0 Å². The van der Waals surface area contributed by atoms with Gasteiger partial charge in [0.05, 0.1) is 13.7 Å². The molecule has 140 valence electrons. The highest BCUT2D eigenvalue weighted by Crippen LogP contribution is 2.17. The van der Waals surface area contributed by atoms with Crippen LogP contribution in [0.4, 0.5) is 0 Å². The van der Waals surface area contributed by atoms with Gasteiger partial charge in [-0.15, -0.1) is 0 Å². The van der Waals surface area contributed by atoms with Gasteiger partial charge in [-0.25, -0.2) is 0 Å². The minimum absolute atomic E-state index is 0.0643. The van der Waals surface area contributed by atoms with E-state index in [0.717, 1.165) is 17.9 Å². The molecule has 1 aromatic rings. The van der Waals surface area contributed by atoms with Gasteiger partial charge in [-0.1, -0.05) is 37.8 Å². The first-order chi connectivity index (χ1) is 12.2. The van der Waals surface area contributed by atoms with Gasteiger partial charge in [-0.2, -0.15) is 0 Å². The Bertz CT molecular complexity index is 513. The van der Waals surface area contributed by atoms with Gasteiger partial charge in [0, 0.05) is 19.1 Å². The van der Waals surface area contributed by atoms with Gasteiger partial charge in [0.1, 0.15) is 11.9 Å². The molecule has 1 aliphatic carbocycles. The zero-order valence-electron chi connectivity index (χ0n) is 15.6. The molecule has 5 heteroatoms. The number of amides is 1. The Labute approximate surface area is 151 Å². The minimum Gasteiger partial charge on any atom is -0.497 e. The molecule has 1 aromatic carbocycles. The van der Waals surface area contributed by atoms with Gasteiger partial charge in [-0.3, -0.25) is 4.79 Å². The lowest BCUT2D eigenvalue weighted by atomic mass is 10.1. The van der Waals surface area contributed by atoms with E-state index in [4.69, 9.17) is 9.47 Å². The van der Waals surface area contributed by atoms with Crippen molar-refractivity contribution in [3.8, 4) is 5.75 Å². The summed E-state index contributed by atoms with van der Waals surface area (Å²) in [5, 5.41) is 6.50. The number of benzene rings is 1. The van der Waals surface area contributed by atoms with Crippen LogP contribution in [0.15, 0.2) is 24.3 Å². The lowest BCUT2D eigenvalue weighted by Crippen LogP contribution is -2.40. The van der Waals surface area contributed by atoms with Crippen molar-refractivity contribution in [2.75, 3.05) is 20.2 Å². The lowest BCUT2D eigenvalue weighted by Gasteiger charge is -2.17. The van der Waals surface area contributed by atoms with Gasteiger partial charge in [0.25, 0.3) is 0 Å². The van der Waals surface area contributed by atoms with E-state index in [1.165, 1.54) is 38.5 Å². The Hall–Kier alpha value is -1.59. The second kappa shape index (κ2) is 11.1. The van der Waals surface area contributed by atoms with Crippen LogP contribution >= 0.6 is 0 Å². The Kier molecular flexibility index (Phi) is 8.77. The molecule has 0 radical (unpaired) electrons. The van der Waals surface area contributed by atoms with Crippen LogP contribution in [0.25, 0.3) is 0 Å². The number of ether oxygens (including phenoxy) is 2. The smallest absolute Gasteiger partial charge is 0.248 e.